The second kappa shape index (κ2) is 6.15. The van der Waals surface area contributed by atoms with Crippen molar-refractivity contribution in [1.82, 2.24) is 9.27 Å². The molecule has 3 aromatic rings. The number of carbonyl (C=O) groups excluding carboxylic acids is 1. The molecule has 1 heterocycles. The van der Waals surface area contributed by atoms with Crippen LogP contribution in [-0.4, -0.2) is 9.86 Å². The third-order valence-corrected chi connectivity index (χ3v) is 4.58. The lowest BCUT2D eigenvalue weighted by Crippen LogP contribution is -2.32. The third-order valence-electron chi connectivity index (χ3n) is 3.52. The first kappa shape index (κ1) is 14.5. The molecular weight excluding hydrogens is 296 g/mol. The van der Waals surface area contributed by atoms with E-state index in [1.807, 2.05) is 55.5 Å². The first-order chi connectivity index (χ1) is 10.6. The Hall–Kier alpha value is -2.40. The number of rotatable bonds is 4. The van der Waals surface area contributed by atoms with E-state index in [4.69, 9.17) is 0 Å². The SMILES string of the molecule is C[C@@H](NC(=O)Cn1sc2ccccc2c1=O)c1ccccc1. The molecule has 1 aromatic heterocycles. The van der Waals surface area contributed by atoms with Crippen LogP contribution >= 0.6 is 11.5 Å². The largest absolute Gasteiger partial charge is 0.348 e. The number of amides is 1. The lowest BCUT2D eigenvalue weighted by molar-refractivity contribution is -0.122. The Morgan fingerprint density at radius 1 is 1.14 bits per heavy atom. The molecular formula is C17H16N2O2S. The maximum Gasteiger partial charge on any atom is 0.268 e. The standard InChI is InChI=1S/C17H16N2O2S/c1-12(13-7-3-2-4-8-13)18-16(20)11-19-17(21)14-9-5-6-10-15(14)22-19/h2-10,12H,11H2,1H3,(H,18,20)/t12-/m1/s1. The Balaban J connectivity index is 1.73. The molecule has 0 saturated carbocycles. The average Bonchev–Trinajstić information content (AvgIpc) is 2.84. The molecule has 1 N–H and O–H groups in total. The van der Waals surface area contributed by atoms with Gasteiger partial charge in [0.05, 0.1) is 16.1 Å². The Bertz CT molecular complexity index is 852. The van der Waals surface area contributed by atoms with Gasteiger partial charge in [0.1, 0.15) is 6.54 Å². The third kappa shape index (κ3) is 2.94. The van der Waals surface area contributed by atoms with Gasteiger partial charge in [0.25, 0.3) is 5.56 Å². The number of nitrogens with one attached hydrogen (secondary N) is 1. The van der Waals surface area contributed by atoms with E-state index in [-0.39, 0.29) is 24.1 Å². The van der Waals surface area contributed by atoms with E-state index in [1.165, 1.54) is 15.5 Å². The van der Waals surface area contributed by atoms with Crippen LogP contribution in [0.5, 0.6) is 0 Å². The normalized spacial score (nSPS) is 12.2. The van der Waals surface area contributed by atoms with Crippen molar-refractivity contribution in [2.24, 2.45) is 0 Å². The van der Waals surface area contributed by atoms with Gasteiger partial charge in [0.15, 0.2) is 0 Å². The second-order valence-corrected chi connectivity index (χ2v) is 6.19. The molecule has 0 aliphatic heterocycles. The number of hydrogen-bond acceptors (Lipinski definition) is 3. The van der Waals surface area contributed by atoms with E-state index in [1.54, 1.807) is 6.07 Å². The second-order valence-electron chi connectivity index (χ2n) is 5.13. The van der Waals surface area contributed by atoms with E-state index in [0.717, 1.165) is 10.3 Å². The van der Waals surface area contributed by atoms with Crippen LogP contribution in [0, 0.1) is 0 Å². The number of nitrogens with zero attached hydrogens (tertiary/aromatic N) is 1. The minimum absolute atomic E-state index is 0.0509. The quantitative estimate of drug-likeness (QED) is 0.805. The topological polar surface area (TPSA) is 51.1 Å². The predicted molar refractivity (Wildman–Crippen MR) is 89.1 cm³/mol. The van der Waals surface area contributed by atoms with E-state index in [2.05, 4.69) is 5.32 Å². The molecule has 112 valence electrons. The van der Waals surface area contributed by atoms with Crippen LogP contribution in [0.15, 0.2) is 59.4 Å². The first-order valence-corrected chi connectivity index (χ1v) is 7.85. The summed E-state index contributed by atoms with van der Waals surface area (Å²) < 4.78 is 2.40. The van der Waals surface area contributed by atoms with Crippen molar-refractivity contribution in [3.05, 3.63) is 70.5 Å². The van der Waals surface area contributed by atoms with Gasteiger partial charge in [-0.15, -0.1) is 0 Å². The summed E-state index contributed by atoms with van der Waals surface area (Å²) in [5.74, 6) is -0.162. The lowest BCUT2D eigenvalue weighted by Gasteiger charge is -2.14. The minimum Gasteiger partial charge on any atom is -0.348 e. The summed E-state index contributed by atoms with van der Waals surface area (Å²) in [6, 6.07) is 17.1. The average molecular weight is 312 g/mol. The fourth-order valence-corrected chi connectivity index (χ4v) is 3.36. The molecule has 2 aromatic carbocycles. The molecule has 0 aliphatic carbocycles. The van der Waals surface area contributed by atoms with Gasteiger partial charge in [-0.25, -0.2) is 0 Å². The van der Waals surface area contributed by atoms with Crippen molar-refractivity contribution in [3.8, 4) is 0 Å². The Kier molecular flexibility index (Phi) is 4.06. The molecule has 0 unspecified atom stereocenters. The molecule has 4 nitrogen and oxygen atoms in total. The van der Waals surface area contributed by atoms with Gasteiger partial charge in [-0.2, -0.15) is 0 Å². The summed E-state index contributed by atoms with van der Waals surface area (Å²) in [4.78, 5) is 24.4. The van der Waals surface area contributed by atoms with Crippen LogP contribution in [0.2, 0.25) is 0 Å². The van der Waals surface area contributed by atoms with Crippen molar-refractivity contribution in [1.29, 1.82) is 0 Å². The van der Waals surface area contributed by atoms with E-state index in [9.17, 15) is 9.59 Å². The van der Waals surface area contributed by atoms with Gasteiger partial charge in [0, 0.05) is 0 Å². The van der Waals surface area contributed by atoms with E-state index < -0.39 is 0 Å². The predicted octanol–water partition coefficient (Wildman–Crippen LogP) is 2.94. The van der Waals surface area contributed by atoms with Crippen molar-refractivity contribution >= 4 is 27.5 Å². The van der Waals surface area contributed by atoms with E-state index in [0.29, 0.717) is 5.39 Å². The van der Waals surface area contributed by atoms with Crippen molar-refractivity contribution < 1.29 is 4.79 Å². The van der Waals surface area contributed by atoms with Crippen LogP contribution < -0.4 is 10.9 Å². The first-order valence-electron chi connectivity index (χ1n) is 7.08. The summed E-state index contributed by atoms with van der Waals surface area (Å²) in [5.41, 5.74) is 0.933. The maximum absolute atomic E-state index is 12.2. The molecule has 3 rings (SSSR count). The molecule has 22 heavy (non-hydrogen) atoms. The smallest absolute Gasteiger partial charge is 0.268 e. The summed E-state index contributed by atoms with van der Waals surface area (Å²) in [6.45, 7) is 1.98. The summed E-state index contributed by atoms with van der Waals surface area (Å²) in [5, 5.41) is 3.59. The molecule has 0 radical (unpaired) electrons. The zero-order valence-corrected chi connectivity index (χ0v) is 13.0. The fourth-order valence-electron chi connectivity index (χ4n) is 2.36. The number of aromatic nitrogens is 1. The minimum atomic E-state index is -0.162. The number of benzene rings is 2. The van der Waals surface area contributed by atoms with Gasteiger partial charge in [-0.05, 0) is 24.6 Å². The lowest BCUT2D eigenvalue weighted by atomic mass is 10.1. The van der Waals surface area contributed by atoms with Crippen LogP contribution in [0.4, 0.5) is 0 Å². The molecule has 0 aliphatic rings. The summed E-state index contributed by atoms with van der Waals surface area (Å²) in [7, 11) is 0. The Morgan fingerprint density at radius 3 is 2.55 bits per heavy atom. The molecule has 5 heteroatoms. The fraction of sp³-hybridized carbons (Fsp3) is 0.176. The van der Waals surface area contributed by atoms with Crippen LogP contribution in [0.1, 0.15) is 18.5 Å². The van der Waals surface area contributed by atoms with Gasteiger partial charge in [-0.1, -0.05) is 54.0 Å². The number of carbonyl (C=O) groups is 1. The molecule has 0 saturated heterocycles. The summed E-state index contributed by atoms with van der Waals surface area (Å²) in [6.07, 6.45) is 0. The Morgan fingerprint density at radius 2 is 1.82 bits per heavy atom. The van der Waals surface area contributed by atoms with Crippen molar-refractivity contribution in [2.75, 3.05) is 0 Å². The highest BCUT2D eigenvalue weighted by Gasteiger charge is 2.13. The summed E-state index contributed by atoms with van der Waals surface area (Å²) >= 11 is 1.32. The monoisotopic (exact) mass is 312 g/mol. The Labute approximate surface area is 132 Å². The van der Waals surface area contributed by atoms with Gasteiger partial charge < -0.3 is 5.32 Å². The van der Waals surface area contributed by atoms with Crippen molar-refractivity contribution in [2.45, 2.75) is 19.5 Å². The zero-order chi connectivity index (χ0) is 15.5. The van der Waals surface area contributed by atoms with Gasteiger partial charge in [0.2, 0.25) is 5.91 Å². The molecule has 1 amide bonds. The highest BCUT2D eigenvalue weighted by Crippen LogP contribution is 2.16. The number of hydrogen-bond donors (Lipinski definition) is 1. The molecule has 0 fully saturated rings. The molecule has 1 atom stereocenters. The zero-order valence-electron chi connectivity index (χ0n) is 12.2. The highest BCUT2D eigenvalue weighted by atomic mass is 32.1. The van der Waals surface area contributed by atoms with Crippen LogP contribution in [-0.2, 0) is 11.3 Å². The molecule has 0 bridgehead atoms. The van der Waals surface area contributed by atoms with Gasteiger partial charge in [-0.3, -0.25) is 13.5 Å². The van der Waals surface area contributed by atoms with Crippen LogP contribution in [0.25, 0.3) is 10.1 Å². The van der Waals surface area contributed by atoms with E-state index >= 15 is 0 Å². The van der Waals surface area contributed by atoms with Crippen LogP contribution in [0.3, 0.4) is 0 Å². The number of fused-ring (bicyclic) bond motifs is 1. The van der Waals surface area contributed by atoms with Gasteiger partial charge >= 0.3 is 0 Å². The maximum atomic E-state index is 12.2. The highest BCUT2D eigenvalue weighted by molar-refractivity contribution is 7.13. The molecule has 0 spiro atoms. The van der Waals surface area contributed by atoms with Crippen molar-refractivity contribution in [3.63, 3.8) is 0 Å².